The van der Waals surface area contributed by atoms with Crippen molar-refractivity contribution in [2.75, 3.05) is 51.3 Å². The monoisotopic (exact) mass is 590 g/mol. The first kappa shape index (κ1) is 29.6. The third-order valence-corrected chi connectivity index (χ3v) is 8.56. The Morgan fingerprint density at radius 3 is 2.49 bits per heavy atom. The fourth-order valence-corrected chi connectivity index (χ4v) is 6.43. The van der Waals surface area contributed by atoms with Crippen LogP contribution in [0.15, 0.2) is 24.0 Å². The molecule has 1 aromatic heterocycles. The number of hydrogen-bond acceptors (Lipinski definition) is 9. The van der Waals surface area contributed by atoms with Crippen LogP contribution >= 0.6 is 11.6 Å². The predicted octanol–water partition coefficient (Wildman–Crippen LogP) is 4.31. The maximum Gasteiger partial charge on any atom is 0.272 e. The van der Waals surface area contributed by atoms with Crippen LogP contribution in [0, 0.1) is 17.7 Å². The number of hydrogen-bond donors (Lipinski definition) is 4. The van der Waals surface area contributed by atoms with Gasteiger partial charge in [-0.15, -0.1) is 0 Å². The van der Waals surface area contributed by atoms with Crippen LogP contribution in [0.2, 0.25) is 5.02 Å². The summed E-state index contributed by atoms with van der Waals surface area (Å²) in [6, 6.07) is 5.31. The minimum absolute atomic E-state index is 0.0221. The summed E-state index contributed by atoms with van der Waals surface area (Å²) in [7, 11) is 1.75. The summed E-state index contributed by atoms with van der Waals surface area (Å²) in [5.74, 6) is -1.09. The van der Waals surface area contributed by atoms with Crippen LogP contribution in [0.4, 0.5) is 14.6 Å². The molecule has 2 saturated heterocycles. The molecule has 3 aliphatic rings. The Labute approximate surface area is 243 Å². The van der Waals surface area contributed by atoms with Gasteiger partial charge in [0, 0.05) is 47.9 Å². The van der Waals surface area contributed by atoms with Gasteiger partial charge in [-0.25, -0.2) is 18.7 Å². The van der Waals surface area contributed by atoms with Gasteiger partial charge in [0.05, 0.1) is 29.4 Å². The van der Waals surface area contributed by atoms with E-state index in [2.05, 4.69) is 10.2 Å². The van der Waals surface area contributed by atoms with Crippen LogP contribution in [0.5, 0.6) is 5.75 Å². The van der Waals surface area contributed by atoms with Crippen LogP contribution in [0.3, 0.4) is 0 Å². The highest BCUT2D eigenvalue weighted by Gasteiger charge is 2.58. The summed E-state index contributed by atoms with van der Waals surface area (Å²) in [6.45, 7) is 6.66. The number of nitrogens with one attached hydrogen (secondary N) is 2. The summed E-state index contributed by atoms with van der Waals surface area (Å²) in [6.07, 6.45) is 1.08. The molecule has 222 valence electrons. The van der Waals surface area contributed by atoms with E-state index in [4.69, 9.17) is 31.7 Å². The van der Waals surface area contributed by atoms with Gasteiger partial charge in [-0.1, -0.05) is 11.6 Å². The van der Waals surface area contributed by atoms with Gasteiger partial charge in [-0.2, -0.15) is 0 Å². The van der Waals surface area contributed by atoms with Crippen LogP contribution in [-0.2, 0) is 0 Å². The van der Waals surface area contributed by atoms with Gasteiger partial charge in [-0.3, -0.25) is 4.90 Å². The van der Waals surface area contributed by atoms with Gasteiger partial charge >= 0.3 is 0 Å². The van der Waals surface area contributed by atoms with Crippen molar-refractivity contribution >= 4 is 28.7 Å². The molecule has 0 amide bonds. The second-order valence-electron chi connectivity index (χ2n) is 11.8. The molecule has 3 fully saturated rings. The van der Waals surface area contributed by atoms with Gasteiger partial charge in [0.25, 0.3) is 5.92 Å². The van der Waals surface area contributed by atoms with E-state index in [9.17, 15) is 19.0 Å². The first-order chi connectivity index (χ1) is 19.3. The van der Waals surface area contributed by atoms with Gasteiger partial charge in [-0.05, 0) is 58.9 Å². The van der Waals surface area contributed by atoms with E-state index < -0.39 is 12.0 Å². The standard InChI is InChI=1S/C29H37ClF2N6O3/c1-16-25(24(17(2)33)18(3)39)35-26(22-7-21(5-6-23(22)30)41-11-20(40)10-34-4)36-27(16)38-12-28(13-38)8-19(9-28)37-14-29(31,32)15-37/h5-7,19-20,33-34,39-40H,8-15H2,1-4H3/b24-18+,33-17?/t20-/m1/s1. The van der Waals surface area contributed by atoms with E-state index >= 15 is 0 Å². The third-order valence-electron chi connectivity index (χ3n) is 8.23. The topological polar surface area (TPSA) is 118 Å². The molecule has 1 atom stereocenters. The predicted molar refractivity (Wildman–Crippen MR) is 155 cm³/mol. The SMILES string of the molecule is CNC[C@@H](O)COc1ccc(Cl)c(-c2nc(/C(C(C)=N)=C(\C)O)c(C)c(N3CC4(CC(N5CC(F)(F)C5)C4)C3)n2)c1. The maximum atomic E-state index is 13.4. The lowest BCUT2D eigenvalue weighted by atomic mass is 9.59. The fraction of sp³-hybridized carbons (Fsp3) is 0.552. The highest BCUT2D eigenvalue weighted by atomic mass is 35.5. The number of ether oxygens (including phenoxy) is 1. The summed E-state index contributed by atoms with van der Waals surface area (Å²) >= 11 is 6.61. The first-order valence-corrected chi connectivity index (χ1v) is 14.2. The van der Waals surface area contributed by atoms with E-state index in [1.54, 1.807) is 32.2 Å². The Kier molecular flexibility index (Phi) is 8.01. The second kappa shape index (κ2) is 11.1. The van der Waals surface area contributed by atoms with E-state index in [1.807, 2.05) is 11.8 Å². The van der Waals surface area contributed by atoms with Crippen molar-refractivity contribution in [1.82, 2.24) is 20.2 Å². The molecular weight excluding hydrogens is 554 g/mol. The molecule has 1 saturated carbocycles. The molecule has 0 unspecified atom stereocenters. The quantitative estimate of drug-likeness (QED) is 0.239. The van der Waals surface area contributed by atoms with Crippen molar-refractivity contribution in [1.29, 1.82) is 5.41 Å². The lowest BCUT2D eigenvalue weighted by Gasteiger charge is -2.63. The number of aliphatic hydroxyl groups is 2. The molecule has 1 aromatic carbocycles. The van der Waals surface area contributed by atoms with Crippen LogP contribution in [0.25, 0.3) is 17.0 Å². The molecule has 41 heavy (non-hydrogen) atoms. The summed E-state index contributed by atoms with van der Waals surface area (Å²) in [5, 5.41) is 32.2. The molecule has 3 heterocycles. The lowest BCUT2D eigenvalue weighted by molar-refractivity contribution is -0.175. The molecule has 0 radical (unpaired) electrons. The van der Waals surface area contributed by atoms with Crippen molar-refractivity contribution in [2.24, 2.45) is 5.41 Å². The maximum absolute atomic E-state index is 13.4. The molecular formula is C29H37ClF2N6O3. The molecule has 12 heteroatoms. The Hall–Kier alpha value is -2.86. The molecule has 1 spiro atoms. The molecule has 4 N–H and O–H groups in total. The Morgan fingerprint density at radius 2 is 1.90 bits per heavy atom. The smallest absolute Gasteiger partial charge is 0.272 e. The van der Waals surface area contributed by atoms with Gasteiger partial charge in [0.1, 0.15) is 30.0 Å². The summed E-state index contributed by atoms with van der Waals surface area (Å²) in [5.41, 5.74) is 2.26. The zero-order valence-corrected chi connectivity index (χ0v) is 24.5. The molecule has 2 aromatic rings. The number of nitrogens with zero attached hydrogens (tertiary/aromatic N) is 4. The van der Waals surface area contributed by atoms with Crippen LogP contribution in [-0.4, -0.2) is 95.2 Å². The summed E-state index contributed by atoms with van der Waals surface area (Å²) in [4.78, 5) is 13.7. The largest absolute Gasteiger partial charge is 0.512 e. The van der Waals surface area contributed by atoms with Crippen molar-refractivity contribution in [2.45, 2.75) is 51.7 Å². The molecule has 9 nitrogen and oxygen atoms in total. The van der Waals surface area contributed by atoms with E-state index in [0.717, 1.165) is 31.5 Å². The normalized spacial score (nSPS) is 21.0. The zero-order valence-electron chi connectivity index (χ0n) is 23.8. The van der Waals surface area contributed by atoms with Crippen LogP contribution in [0.1, 0.15) is 37.9 Å². The van der Waals surface area contributed by atoms with Gasteiger partial charge in [0.15, 0.2) is 5.82 Å². The number of aromatic nitrogens is 2. The minimum Gasteiger partial charge on any atom is -0.512 e. The van der Waals surface area contributed by atoms with Gasteiger partial charge in [0.2, 0.25) is 0 Å². The third kappa shape index (κ3) is 5.90. The van der Waals surface area contributed by atoms with E-state index in [-0.39, 0.29) is 42.6 Å². The highest BCUT2D eigenvalue weighted by molar-refractivity contribution is 6.33. The fourth-order valence-electron chi connectivity index (χ4n) is 6.22. The number of allylic oxidation sites excluding steroid dienone is 2. The van der Waals surface area contributed by atoms with Gasteiger partial charge < -0.3 is 30.6 Å². The van der Waals surface area contributed by atoms with E-state index in [0.29, 0.717) is 45.8 Å². The average Bonchev–Trinajstić information content (AvgIpc) is 2.82. The first-order valence-electron chi connectivity index (χ1n) is 13.8. The Bertz CT molecular complexity index is 1360. The molecule has 1 aliphatic carbocycles. The zero-order chi connectivity index (χ0) is 29.7. The number of likely N-dealkylation sites (tertiary alicyclic amines) is 1. The van der Waals surface area contributed by atoms with Crippen molar-refractivity contribution in [3.63, 3.8) is 0 Å². The Balaban J connectivity index is 1.44. The number of anilines is 1. The molecule has 0 bridgehead atoms. The lowest BCUT2D eigenvalue weighted by Crippen LogP contribution is -2.71. The molecule has 5 rings (SSSR count). The Morgan fingerprint density at radius 1 is 1.22 bits per heavy atom. The second-order valence-corrected chi connectivity index (χ2v) is 12.2. The van der Waals surface area contributed by atoms with Crippen molar-refractivity contribution < 1.29 is 23.7 Å². The number of rotatable bonds is 10. The van der Waals surface area contributed by atoms with Crippen molar-refractivity contribution in [3.8, 4) is 17.1 Å². The minimum atomic E-state index is -2.56. The van der Waals surface area contributed by atoms with Crippen LogP contribution < -0.4 is 15.0 Å². The highest BCUT2D eigenvalue weighted by Crippen LogP contribution is 2.53. The number of likely N-dealkylation sites (N-methyl/N-ethyl adjacent to an activating group) is 1. The molecule has 2 aliphatic heterocycles. The van der Waals surface area contributed by atoms with Crippen molar-refractivity contribution in [3.05, 3.63) is 40.2 Å². The number of alkyl halides is 2. The number of benzene rings is 1. The number of aliphatic hydroxyl groups excluding tert-OH is 2. The number of halogens is 3. The summed E-state index contributed by atoms with van der Waals surface area (Å²) < 4.78 is 32.5. The average molecular weight is 591 g/mol. The van der Waals surface area contributed by atoms with E-state index in [1.165, 1.54) is 6.92 Å².